The first-order valence-electron chi connectivity index (χ1n) is 10.7. The van der Waals surface area contributed by atoms with E-state index in [4.69, 9.17) is 21.1 Å². The van der Waals surface area contributed by atoms with Gasteiger partial charge in [-0.25, -0.2) is 9.97 Å². The molecule has 2 aromatic rings. The second-order valence-electron chi connectivity index (χ2n) is 8.37. The van der Waals surface area contributed by atoms with Crippen LogP contribution in [0.15, 0.2) is 24.5 Å². The van der Waals surface area contributed by atoms with E-state index in [9.17, 15) is 13.2 Å². The Morgan fingerprint density at radius 1 is 1.03 bits per heavy atom. The largest absolute Gasteiger partial charge is 0.481 e. The number of halogens is 4. The third kappa shape index (κ3) is 4.98. The molecule has 0 amide bonds. The first-order valence-corrected chi connectivity index (χ1v) is 11.1. The van der Waals surface area contributed by atoms with Gasteiger partial charge in [-0.15, -0.1) is 0 Å². The first kappa shape index (κ1) is 22.8. The molecule has 32 heavy (non-hydrogen) atoms. The van der Waals surface area contributed by atoms with Crippen molar-refractivity contribution >= 4 is 23.0 Å². The summed E-state index contributed by atoms with van der Waals surface area (Å²) in [4.78, 5) is 12.2. The highest BCUT2D eigenvalue weighted by Crippen LogP contribution is 2.39. The van der Waals surface area contributed by atoms with Crippen LogP contribution in [-0.2, 0) is 6.18 Å². The van der Waals surface area contributed by atoms with Crippen LogP contribution in [0.4, 0.5) is 24.5 Å². The van der Waals surface area contributed by atoms with Crippen molar-refractivity contribution in [2.45, 2.75) is 38.5 Å². The fraction of sp³-hybridized carbons (Fsp3) is 0.545. The van der Waals surface area contributed by atoms with Gasteiger partial charge in [-0.05, 0) is 18.4 Å². The van der Waals surface area contributed by atoms with Gasteiger partial charge in [0, 0.05) is 45.1 Å². The molecule has 10 heteroatoms. The maximum Gasteiger partial charge on any atom is 0.421 e. The Morgan fingerprint density at radius 2 is 1.75 bits per heavy atom. The third-order valence-electron chi connectivity index (χ3n) is 6.01. The summed E-state index contributed by atoms with van der Waals surface area (Å²) < 4.78 is 52.2. The summed E-state index contributed by atoms with van der Waals surface area (Å²) in [5, 5.41) is 0.498. The monoisotopic (exact) mass is 470 g/mol. The number of hydrogen-bond donors (Lipinski definition) is 0. The normalized spacial score (nSPS) is 20.0. The molecule has 0 saturated carbocycles. The highest BCUT2D eigenvalue weighted by Gasteiger charge is 2.37. The average molecular weight is 471 g/mol. The Labute approximate surface area is 190 Å². The molecule has 0 unspecified atom stereocenters. The summed E-state index contributed by atoms with van der Waals surface area (Å²) in [6.07, 6.45) is 0.176. The summed E-state index contributed by atoms with van der Waals surface area (Å²) in [6, 6.07) is 2.92. The minimum atomic E-state index is -4.54. The van der Waals surface area contributed by atoms with Crippen LogP contribution in [0.3, 0.4) is 0 Å². The maximum absolute atomic E-state index is 13.8. The van der Waals surface area contributed by atoms with Crippen molar-refractivity contribution in [2.24, 2.45) is 5.92 Å². The topological polar surface area (TPSA) is 50.7 Å². The van der Waals surface area contributed by atoms with Gasteiger partial charge in [0.2, 0.25) is 11.8 Å². The van der Waals surface area contributed by atoms with Crippen molar-refractivity contribution in [3.05, 3.63) is 35.1 Å². The SMILES string of the molecule is COc1cc(N2CCC(Oc3ncc(N4CC[C@@H](C)C4)cc3C(F)(F)F)CC2)c(Cl)cn1. The van der Waals surface area contributed by atoms with Gasteiger partial charge in [-0.1, -0.05) is 18.5 Å². The summed E-state index contributed by atoms with van der Waals surface area (Å²) in [7, 11) is 1.53. The highest BCUT2D eigenvalue weighted by atomic mass is 35.5. The van der Waals surface area contributed by atoms with E-state index in [1.807, 2.05) is 4.90 Å². The number of hydrogen-bond acceptors (Lipinski definition) is 6. The van der Waals surface area contributed by atoms with Crippen LogP contribution >= 0.6 is 11.6 Å². The van der Waals surface area contributed by atoms with E-state index in [0.717, 1.165) is 25.2 Å². The van der Waals surface area contributed by atoms with Crippen LogP contribution in [0, 0.1) is 5.92 Å². The van der Waals surface area contributed by atoms with E-state index < -0.39 is 11.7 Å². The van der Waals surface area contributed by atoms with Gasteiger partial charge in [0.1, 0.15) is 11.7 Å². The second-order valence-corrected chi connectivity index (χ2v) is 8.77. The zero-order valence-corrected chi connectivity index (χ0v) is 18.8. The van der Waals surface area contributed by atoms with Crippen molar-refractivity contribution < 1.29 is 22.6 Å². The lowest BCUT2D eigenvalue weighted by Gasteiger charge is -2.34. The zero-order valence-electron chi connectivity index (χ0n) is 18.0. The summed E-state index contributed by atoms with van der Waals surface area (Å²) in [6.45, 7) is 4.74. The van der Waals surface area contributed by atoms with Crippen molar-refractivity contribution in [1.82, 2.24) is 9.97 Å². The van der Waals surface area contributed by atoms with Crippen LogP contribution in [0.25, 0.3) is 0 Å². The molecule has 0 radical (unpaired) electrons. The molecule has 0 aliphatic carbocycles. The van der Waals surface area contributed by atoms with Gasteiger partial charge in [0.15, 0.2) is 0 Å². The average Bonchev–Trinajstić information content (AvgIpc) is 3.20. The molecule has 4 heterocycles. The smallest absolute Gasteiger partial charge is 0.421 e. The number of aromatic nitrogens is 2. The number of rotatable bonds is 5. The molecule has 2 saturated heterocycles. The quantitative estimate of drug-likeness (QED) is 0.609. The van der Waals surface area contributed by atoms with Gasteiger partial charge in [-0.3, -0.25) is 0 Å². The Kier molecular flexibility index (Phi) is 6.55. The molecule has 1 atom stereocenters. The van der Waals surface area contributed by atoms with Gasteiger partial charge < -0.3 is 19.3 Å². The Hall–Kier alpha value is -2.42. The van der Waals surface area contributed by atoms with Gasteiger partial charge in [0.05, 0.1) is 35.9 Å². The zero-order chi connectivity index (χ0) is 22.9. The predicted octanol–water partition coefficient (Wildman–Crippen LogP) is 5.05. The van der Waals surface area contributed by atoms with E-state index >= 15 is 0 Å². The van der Waals surface area contributed by atoms with Crippen LogP contribution in [0.2, 0.25) is 5.02 Å². The molecule has 6 nitrogen and oxygen atoms in total. The summed E-state index contributed by atoms with van der Waals surface area (Å²) in [5.41, 5.74) is 0.458. The van der Waals surface area contributed by atoms with E-state index in [0.29, 0.717) is 48.4 Å². The molecule has 0 aromatic carbocycles. The summed E-state index contributed by atoms with van der Waals surface area (Å²) in [5.74, 6) is 0.559. The highest BCUT2D eigenvalue weighted by molar-refractivity contribution is 6.33. The fourth-order valence-electron chi connectivity index (χ4n) is 4.22. The molecule has 2 aromatic heterocycles. The van der Waals surface area contributed by atoms with Crippen LogP contribution < -0.4 is 19.3 Å². The van der Waals surface area contributed by atoms with Gasteiger partial charge in [0.25, 0.3) is 0 Å². The number of ether oxygens (including phenoxy) is 2. The van der Waals surface area contributed by atoms with Crippen molar-refractivity contribution in [1.29, 1.82) is 0 Å². The summed E-state index contributed by atoms with van der Waals surface area (Å²) >= 11 is 6.27. The number of piperidine rings is 1. The molecule has 0 bridgehead atoms. The second kappa shape index (κ2) is 9.21. The lowest BCUT2D eigenvalue weighted by Crippen LogP contribution is -2.38. The van der Waals surface area contributed by atoms with Crippen LogP contribution in [0.5, 0.6) is 11.8 Å². The molecule has 4 rings (SSSR count). The Morgan fingerprint density at radius 3 is 2.38 bits per heavy atom. The number of alkyl halides is 3. The first-order chi connectivity index (χ1) is 15.2. The molecular formula is C22H26ClF3N4O2. The Bertz CT molecular complexity index is 951. The molecule has 2 aliphatic heterocycles. The number of anilines is 2. The standard InChI is InChI=1S/C22H26ClF3N4O2/c1-14-3-6-30(13-14)15-9-17(22(24,25)26)21(28-11-15)32-16-4-7-29(8-5-16)19-10-20(31-2)27-12-18(19)23/h9-12,14,16H,3-8,13H2,1-2H3/t14-/m1/s1. The minimum absolute atomic E-state index is 0.351. The van der Waals surface area contributed by atoms with Crippen molar-refractivity contribution in [2.75, 3.05) is 43.1 Å². The number of methoxy groups -OCH3 is 1. The molecule has 0 N–H and O–H groups in total. The minimum Gasteiger partial charge on any atom is -0.481 e. The predicted molar refractivity (Wildman–Crippen MR) is 117 cm³/mol. The van der Waals surface area contributed by atoms with E-state index in [1.54, 1.807) is 6.07 Å². The molecular weight excluding hydrogens is 445 g/mol. The molecule has 174 valence electrons. The fourth-order valence-corrected chi connectivity index (χ4v) is 4.44. The van der Waals surface area contributed by atoms with Gasteiger partial charge in [-0.2, -0.15) is 13.2 Å². The van der Waals surface area contributed by atoms with Crippen LogP contribution in [-0.4, -0.2) is 49.4 Å². The van der Waals surface area contributed by atoms with E-state index in [1.165, 1.54) is 25.6 Å². The molecule has 0 spiro atoms. The lowest BCUT2D eigenvalue weighted by molar-refractivity contribution is -0.139. The Balaban J connectivity index is 1.45. The van der Waals surface area contributed by atoms with Gasteiger partial charge >= 0.3 is 6.18 Å². The lowest BCUT2D eigenvalue weighted by atomic mass is 10.1. The van der Waals surface area contributed by atoms with E-state index in [-0.39, 0.29) is 12.0 Å². The van der Waals surface area contributed by atoms with E-state index in [2.05, 4.69) is 21.8 Å². The number of pyridine rings is 2. The van der Waals surface area contributed by atoms with Crippen LogP contribution in [0.1, 0.15) is 31.7 Å². The van der Waals surface area contributed by atoms with Crippen molar-refractivity contribution in [3.63, 3.8) is 0 Å². The molecule has 2 fully saturated rings. The molecule has 2 aliphatic rings. The maximum atomic E-state index is 13.8. The third-order valence-corrected chi connectivity index (χ3v) is 6.30. The van der Waals surface area contributed by atoms with Crippen molar-refractivity contribution in [3.8, 4) is 11.8 Å². The number of nitrogens with zero attached hydrogens (tertiary/aromatic N) is 4.